The van der Waals surface area contributed by atoms with Crippen LogP contribution in [0.25, 0.3) is 0 Å². The van der Waals surface area contributed by atoms with Gasteiger partial charge >= 0.3 is 12.1 Å². The number of hydrogen-bond donors (Lipinski definition) is 1. The van der Waals surface area contributed by atoms with E-state index in [0.717, 1.165) is 16.2 Å². The highest BCUT2D eigenvalue weighted by molar-refractivity contribution is 7.99. The van der Waals surface area contributed by atoms with E-state index < -0.39 is 6.09 Å². The van der Waals surface area contributed by atoms with Crippen molar-refractivity contribution in [3.05, 3.63) is 23.8 Å². The van der Waals surface area contributed by atoms with Gasteiger partial charge in [-0.25, -0.2) is 4.79 Å². The van der Waals surface area contributed by atoms with Crippen LogP contribution in [0.2, 0.25) is 0 Å². The highest BCUT2D eigenvalue weighted by Crippen LogP contribution is 2.30. The minimum atomic E-state index is -0.929. The van der Waals surface area contributed by atoms with Crippen molar-refractivity contribution in [2.24, 2.45) is 0 Å². The summed E-state index contributed by atoms with van der Waals surface area (Å²) in [6, 6.07) is 5.32. The second-order valence-corrected chi connectivity index (χ2v) is 5.05. The maximum absolute atomic E-state index is 11.0. The Kier molecular flexibility index (Phi) is 3.76. The van der Waals surface area contributed by atoms with Crippen LogP contribution in [0.3, 0.4) is 0 Å². The Hall–Kier alpha value is -1.69. The molecule has 96 valence electrons. The zero-order valence-electron chi connectivity index (χ0n) is 9.88. The average Bonchev–Trinajstić information content (AvgIpc) is 2.49. The number of thioether (sulfide) groups is 1. The second kappa shape index (κ2) is 5.30. The van der Waals surface area contributed by atoms with Crippen LogP contribution >= 0.6 is 11.8 Å². The Morgan fingerprint density at radius 3 is 2.89 bits per heavy atom. The van der Waals surface area contributed by atoms with Gasteiger partial charge in [0.1, 0.15) is 5.75 Å². The molecule has 1 aliphatic heterocycles. The first-order valence-corrected chi connectivity index (χ1v) is 6.47. The lowest BCUT2D eigenvalue weighted by Crippen LogP contribution is -2.29. The normalized spacial score (nSPS) is 14.6. The zero-order chi connectivity index (χ0) is 13.1. The van der Waals surface area contributed by atoms with E-state index in [0.29, 0.717) is 18.8 Å². The molecule has 1 heterocycles. The summed E-state index contributed by atoms with van der Waals surface area (Å²) in [6.45, 7) is 2.16. The highest BCUT2D eigenvalue weighted by Gasteiger charge is 2.19. The number of carboxylic acid groups (broad SMARTS) is 1. The molecule has 1 aliphatic rings. The second-order valence-electron chi connectivity index (χ2n) is 3.92. The predicted octanol–water partition coefficient (Wildman–Crippen LogP) is 2.20. The minimum Gasteiger partial charge on any atom is -0.465 e. The molecule has 1 amide bonds. The Bertz CT molecular complexity index is 489. The molecule has 2 rings (SSSR count). The zero-order valence-corrected chi connectivity index (χ0v) is 10.7. The van der Waals surface area contributed by atoms with Gasteiger partial charge in [-0.15, -0.1) is 11.8 Å². The van der Waals surface area contributed by atoms with Crippen molar-refractivity contribution in [2.75, 3.05) is 12.3 Å². The van der Waals surface area contributed by atoms with E-state index in [1.54, 1.807) is 23.9 Å². The maximum atomic E-state index is 11.0. The monoisotopic (exact) mass is 267 g/mol. The molecule has 0 unspecified atom stereocenters. The highest BCUT2D eigenvalue weighted by atomic mass is 32.2. The molecule has 1 N–H and O–H groups in total. The van der Waals surface area contributed by atoms with Crippen molar-refractivity contribution in [2.45, 2.75) is 18.4 Å². The van der Waals surface area contributed by atoms with Gasteiger partial charge in [-0.05, 0) is 23.8 Å². The summed E-state index contributed by atoms with van der Waals surface area (Å²) in [5.41, 5.74) is 0.874. The molecule has 0 saturated heterocycles. The third kappa shape index (κ3) is 2.95. The van der Waals surface area contributed by atoms with E-state index in [4.69, 9.17) is 9.84 Å². The van der Waals surface area contributed by atoms with Gasteiger partial charge in [0, 0.05) is 24.1 Å². The molecular weight excluding hydrogens is 254 g/mol. The third-order valence-corrected chi connectivity index (χ3v) is 3.64. The fraction of sp³-hybridized carbons (Fsp3) is 0.333. The Balaban J connectivity index is 2.26. The van der Waals surface area contributed by atoms with Crippen molar-refractivity contribution in [1.82, 2.24) is 4.90 Å². The molecule has 18 heavy (non-hydrogen) atoms. The van der Waals surface area contributed by atoms with Crippen molar-refractivity contribution in [3.8, 4) is 5.75 Å². The summed E-state index contributed by atoms with van der Waals surface area (Å²) >= 11 is 1.61. The lowest BCUT2D eigenvalue weighted by atomic mass is 10.2. The molecule has 0 bridgehead atoms. The fourth-order valence-electron chi connectivity index (χ4n) is 1.76. The van der Waals surface area contributed by atoms with E-state index in [-0.39, 0.29) is 5.97 Å². The smallest absolute Gasteiger partial charge is 0.407 e. The molecule has 0 radical (unpaired) electrons. The molecular formula is C12H13NO4S. The van der Waals surface area contributed by atoms with Gasteiger partial charge < -0.3 is 14.7 Å². The van der Waals surface area contributed by atoms with Crippen molar-refractivity contribution < 1.29 is 19.4 Å². The summed E-state index contributed by atoms with van der Waals surface area (Å²) in [5, 5.41) is 9.03. The predicted molar refractivity (Wildman–Crippen MR) is 66.9 cm³/mol. The molecule has 0 fully saturated rings. The standard InChI is InChI=1S/C12H13NO4S/c1-8(14)17-10-2-3-11-9(6-10)7-13(12(15)16)4-5-18-11/h2-3,6H,4-5,7H2,1H3,(H,15,16). The summed E-state index contributed by atoms with van der Waals surface area (Å²) in [4.78, 5) is 24.3. The van der Waals surface area contributed by atoms with Crippen LogP contribution in [0.15, 0.2) is 23.1 Å². The first-order chi connectivity index (χ1) is 8.56. The van der Waals surface area contributed by atoms with Gasteiger partial charge in [0.2, 0.25) is 0 Å². The topological polar surface area (TPSA) is 66.8 Å². The quantitative estimate of drug-likeness (QED) is 0.624. The number of fused-ring (bicyclic) bond motifs is 1. The van der Waals surface area contributed by atoms with Crippen molar-refractivity contribution in [1.29, 1.82) is 0 Å². The largest absolute Gasteiger partial charge is 0.465 e. The Morgan fingerprint density at radius 2 is 2.22 bits per heavy atom. The Morgan fingerprint density at radius 1 is 1.44 bits per heavy atom. The summed E-state index contributed by atoms with van der Waals surface area (Å²) < 4.78 is 5.00. The fourth-order valence-corrected chi connectivity index (χ4v) is 2.77. The molecule has 1 aromatic carbocycles. The van der Waals surface area contributed by atoms with E-state index in [1.165, 1.54) is 11.8 Å². The van der Waals surface area contributed by atoms with E-state index in [9.17, 15) is 9.59 Å². The molecule has 1 aromatic rings. The number of ether oxygens (including phenoxy) is 1. The molecule has 0 aliphatic carbocycles. The van der Waals surface area contributed by atoms with Gasteiger partial charge in [-0.3, -0.25) is 4.79 Å². The number of hydrogen-bond acceptors (Lipinski definition) is 4. The molecule has 0 aromatic heterocycles. The van der Waals surface area contributed by atoms with E-state index in [2.05, 4.69) is 0 Å². The molecule has 0 atom stereocenters. The number of rotatable bonds is 1. The number of amides is 1. The van der Waals surface area contributed by atoms with Crippen LogP contribution < -0.4 is 4.74 Å². The lowest BCUT2D eigenvalue weighted by molar-refractivity contribution is -0.131. The van der Waals surface area contributed by atoms with Crippen LogP contribution in [-0.4, -0.2) is 34.4 Å². The lowest BCUT2D eigenvalue weighted by Gasteiger charge is -2.16. The van der Waals surface area contributed by atoms with Crippen LogP contribution in [-0.2, 0) is 11.3 Å². The van der Waals surface area contributed by atoms with E-state index in [1.807, 2.05) is 6.07 Å². The van der Waals surface area contributed by atoms with Gasteiger partial charge in [0.05, 0.1) is 6.54 Å². The number of benzene rings is 1. The van der Waals surface area contributed by atoms with Crippen LogP contribution in [0.4, 0.5) is 4.79 Å². The van der Waals surface area contributed by atoms with E-state index >= 15 is 0 Å². The molecule has 6 heteroatoms. The number of carbonyl (C=O) groups is 2. The Labute approximate surface area is 109 Å². The van der Waals surface area contributed by atoms with Crippen molar-refractivity contribution >= 4 is 23.8 Å². The number of esters is 1. The molecule has 0 saturated carbocycles. The van der Waals surface area contributed by atoms with Gasteiger partial charge in [-0.2, -0.15) is 0 Å². The first kappa shape index (κ1) is 12.8. The summed E-state index contributed by atoms with van der Waals surface area (Å²) in [6.07, 6.45) is -0.929. The maximum Gasteiger partial charge on any atom is 0.407 e. The molecule has 0 spiro atoms. The van der Waals surface area contributed by atoms with Crippen LogP contribution in [0, 0.1) is 0 Å². The average molecular weight is 267 g/mol. The van der Waals surface area contributed by atoms with Gasteiger partial charge in [0.15, 0.2) is 0 Å². The van der Waals surface area contributed by atoms with Gasteiger partial charge in [-0.1, -0.05) is 0 Å². The molecule has 5 nitrogen and oxygen atoms in total. The van der Waals surface area contributed by atoms with Crippen LogP contribution in [0.1, 0.15) is 12.5 Å². The summed E-state index contributed by atoms with van der Waals surface area (Å²) in [7, 11) is 0. The SMILES string of the molecule is CC(=O)Oc1ccc2c(c1)CN(C(=O)O)CCS2. The first-order valence-electron chi connectivity index (χ1n) is 5.48. The van der Waals surface area contributed by atoms with Gasteiger partial charge in [0.25, 0.3) is 0 Å². The number of nitrogens with zero attached hydrogens (tertiary/aromatic N) is 1. The summed E-state index contributed by atoms with van der Waals surface area (Å²) in [5.74, 6) is 0.798. The third-order valence-electron chi connectivity index (χ3n) is 2.54. The van der Waals surface area contributed by atoms with Crippen LogP contribution in [0.5, 0.6) is 5.75 Å². The van der Waals surface area contributed by atoms with Crippen molar-refractivity contribution in [3.63, 3.8) is 0 Å². The minimum absolute atomic E-state index is 0.326. The number of carbonyl (C=O) groups excluding carboxylic acids is 1.